The molecule has 0 heterocycles. The van der Waals surface area contributed by atoms with Crippen LogP contribution in [-0.4, -0.2) is 11.5 Å². The van der Waals surface area contributed by atoms with Crippen LogP contribution in [-0.2, 0) is 4.74 Å². The first kappa shape index (κ1) is 23.7. The summed E-state index contributed by atoms with van der Waals surface area (Å²) in [6.45, 7) is 12.5. The molecule has 0 aliphatic heterocycles. The highest BCUT2D eigenvalue weighted by Gasteiger charge is 2.59. The lowest BCUT2D eigenvalue weighted by molar-refractivity contribution is -0.0573. The van der Waals surface area contributed by atoms with Gasteiger partial charge in [0.25, 0.3) is 0 Å². The van der Waals surface area contributed by atoms with Gasteiger partial charge < -0.3 is 4.74 Å². The molecular formula is C28H45ClO2. The van der Waals surface area contributed by atoms with Crippen molar-refractivity contribution in [3.05, 3.63) is 11.6 Å². The molecule has 3 saturated carbocycles. The molecule has 4 aliphatic carbocycles. The van der Waals surface area contributed by atoms with Crippen molar-refractivity contribution in [3.63, 3.8) is 0 Å². The molecular weight excluding hydrogens is 404 g/mol. The highest BCUT2D eigenvalue weighted by molar-refractivity contribution is 6.61. The molecule has 0 spiro atoms. The van der Waals surface area contributed by atoms with Gasteiger partial charge in [-0.25, -0.2) is 4.79 Å². The number of rotatable bonds is 6. The number of hydrogen-bond donors (Lipinski definition) is 0. The monoisotopic (exact) mass is 448 g/mol. The fourth-order valence-electron chi connectivity index (χ4n) is 8.88. The summed E-state index contributed by atoms with van der Waals surface area (Å²) in [4.78, 5) is 11.2. The lowest BCUT2D eigenvalue weighted by Crippen LogP contribution is -2.51. The molecule has 0 aromatic rings. The molecule has 0 saturated heterocycles. The number of halogens is 1. The van der Waals surface area contributed by atoms with Crippen molar-refractivity contribution in [1.29, 1.82) is 0 Å². The van der Waals surface area contributed by atoms with Gasteiger partial charge in [-0.05, 0) is 91.3 Å². The predicted molar refractivity (Wildman–Crippen MR) is 129 cm³/mol. The number of hydrogen-bond acceptors (Lipinski definition) is 2. The predicted octanol–water partition coefficient (Wildman–Crippen LogP) is 8.77. The Morgan fingerprint density at radius 3 is 2.58 bits per heavy atom. The fraction of sp³-hybridized carbons (Fsp3) is 0.893. The third-order valence-electron chi connectivity index (χ3n) is 10.5. The molecule has 0 radical (unpaired) electrons. The molecule has 31 heavy (non-hydrogen) atoms. The molecule has 176 valence electrons. The topological polar surface area (TPSA) is 26.3 Å². The minimum Gasteiger partial charge on any atom is -0.450 e. The van der Waals surface area contributed by atoms with Crippen molar-refractivity contribution in [2.24, 2.45) is 46.3 Å². The van der Waals surface area contributed by atoms with E-state index in [2.05, 4.69) is 40.7 Å². The van der Waals surface area contributed by atoms with Crippen LogP contribution in [0.15, 0.2) is 11.6 Å². The molecule has 4 rings (SSSR count). The summed E-state index contributed by atoms with van der Waals surface area (Å²) in [6, 6.07) is 0. The van der Waals surface area contributed by atoms with Crippen LogP contribution in [0.25, 0.3) is 0 Å². The maximum atomic E-state index is 11.2. The minimum atomic E-state index is -0.643. The largest absolute Gasteiger partial charge is 0.450 e. The highest BCUT2D eigenvalue weighted by atomic mass is 35.5. The van der Waals surface area contributed by atoms with Crippen molar-refractivity contribution in [2.45, 2.75) is 111 Å². The van der Waals surface area contributed by atoms with E-state index in [1.165, 1.54) is 51.4 Å². The van der Waals surface area contributed by atoms with E-state index < -0.39 is 5.43 Å². The Bertz CT molecular complexity index is 699. The van der Waals surface area contributed by atoms with Gasteiger partial charge in [-0.15, -0.1) is 0 Å². The van der Waals surface area contributed by atoms with Crippen LogP contribution < -0.4 is 0 Å². The summed E-state index contributed by atoms with van der Waals surface area (Å²) in [5.41, 5.74) is 1.77. The fourth-order valence-corrected chi connectivity index (χ4v) is 9.01. The summed E-state index contributed by atoms with van der Waals surface area (Å²) in [6.07, 6.45) is 16.7. The van der Waals surface area contributed by atoms with Crippen molar-refractivity contribution in [3.8, 4) is 0 Å². The molecule has 3 fully saturated rings. The maximum Gasteiger partial charge on any atom is 0.404 e. The maximum absolute atomic E-state index is 11.2. The van der Waals surface area contributed by atoms with Crippen LogP contribution in [0.5, 0.6) is 0 Å². The third-order valence-corrected chi connectivity index (χ3v) is 10.6. The van der Waals surface area contributed by atoms with E-state index in [1.54, 1.807) is 5.57 Å². The summed E-state index contributed by atoms with van der Waals surface area (Å²) in [5, 5.41) is 0. The van der Waals surface area contributed by atoms with Gasteiger partial charge in [0.2, 0.25) is 0 Å². The van der Waals surface area contributed by atoms with Gasteiger partial charge in [0, 0.05) is 18.0 Å². The van der Waals surface area contributed by atoms with Crippen LogP contribution in [0.2, 0.25) is 0 Å². The number of carbonyl (C=O) groups is 1. The Kier molecular flexibility index (Phi) is 6.89. The Labute approximate surface area is 195 Å². The van der Waals surface area contributed by atoms with E-state index in [4.69, 9.17) is 16.3 Å². The summed E-state index contributed by atoms with van der Waals surface area (Å²) >= 11 is 5.51. The average molecular weight is 449 g/mol. The molecule has 0 N–H and O–H groups in total. The lowest BCUT2D eigenvalue weighted by Gasteiger charge is -2.58. The van der Waals surface area contributed by atoms with Gasteiger partial charge >= 0.3 is 5.43 Å². The van der Waals surface area contributed by atoms with Gasteiger partial charge in [-0.2, -0.15) is 0 Å². The quantitative estimate of drug-likeness (QED) is 0.299. The second-order valence-electron chi connectivity index (χ2n) is 12.5. The summed E-state index contributed by atoms with van der Waals surface area (Å²) < 4.78 is 5.38. The van der Waals surface area contributed by atoms with E-state index in [0.717, 1.165) is 54.8 Å². The molecule has 2 nitrogen and oxygen atoms in total. The highest BCUT2D eigenvalue weighted by Crippen LogP contribution is 2.67. The summed E-state index contributed by atoms with van der Waals surface area (Å²) in [7, 11) is 0. The molecule has 0 unspecified atom stereocenters. The minimum absolute atomic E-state index is 0.0164. The molecule has 0 aromatic carbocycles. The molecule has 0 aromatic heterocycles. The molecule has 8 atom stereocenters. The van der Waals surface area contributed by atoms with E-state index in [1.807, 2.05) is 0 Å². The smallest absolute Gasteiger partial charge is 0.404 e. The second kappa shape index (κ2) is 9.03. The van der Waals surface area contributed by atoms with E-state index in [-0.39, 0.29) is 6.10 Å². The van der Waals surface area contributed by atoms with Gasteiger partial charge in [-0.1, -0.05) is 65.5 Å². The standard InChI is InChI=1S/C28H45ClO2/c1-18(2)7-6-8-19(3)23-11-12-24-22-10-9-20-17-21(31-26(29)30)13-15-27(20,4)25(22)14-16-28(23,24)5/h9,18-19,21-25H,6-8,10-17H2,1-5H3/t19-,21+,22-,23-,24+,25-,27+,28-/m1/s1. The summed E-state index contributed by atoms with van der Waals surface area (Å²) in [5.74, 6) is 5.19. The first-order valence-electron chi connectivity index (χ1n) is 13.2. The first-order chi connectivity index (χ1) is 14.6. The van der Waals surface area contributed by atoms with Gasteiger partial charge in [-0.3, -0.25) is 0 Å². The van der Waals surface area contributed by atoms with Crippen LogP contribution in [0, 0.1) is 46.3 Å². The van der Waals surface area contributed by atoms with Crippen molar-refractivity contribution < 1.29 is 9.53 Å². The van der Waals surface area contributed by atoms with E-state index in [9.17, 15) is 4.79 Å². The number of carbonyl (C=O) groups excluding carboxylic acids is 1. The van der Waals surface area contributed by atoms with Crippen molar-refractivity contribution >= 4 is 17.0 Å². The number of fused-ring (bicyclic) bond motifs is 5. The van der Waals surface area contributed by atoms with Crippen LogP contribution >= 0.6 is 11.6 Å². The number of ether oxygens (including phenoxy) is 1. The third kappa shape index (κ3) is 4.36. The van der Waals surface area contributed by atoms with Gasteiger partial charge in [0.1, 0.15) is 6.10 Å². The molecule has 4 aliphatic rings. The Balaban J connectivity index is 1.47. The first-order valence-corrected chi connectivity index (χ1v) is 13.6. The molecule has 0 bridgehead atoms. The van der Waals surface area contributed by atoms with Crippen molar-refractivity contribution in [1.82, 2.24) is 0 Å². The molecule has 3 heteroatoms. The second-order valence-corrected chi connectivity index (χ2v) is 12.8. The average Bonchev–Trinajstić information content (AvgIpc) is 3.05. The van der Waals surface area contributed by atoms with E-state index in [0.29, 0.717) is 10.8 Å². The Morgan fingerprint density at radius 1 is 1.10 bits per heavy atom. The molecule has 0 amide bonds. The Morgan fingerprint density at radius 2 is 1.87 bits per heavy atom. The zero-order valence-electron chi connectivity index (χ0n) is 20.6. The van der Waals surface area contributed by atoms with Crippen LogP contribution in [0.4, 0.5) is 4.79 Å². The van der Waals surface area contributed by atoms with E-state index >= 15 is 0 Å². The normalized spacial score (nSPS) is 42.9. The zero-order valence-corrected chi connectivity index (χ0v) is 21.3. The van der Waals surface area contributed by atoms with Crippen molar-refractivity contribution in [2.75, 3.05) is 0 Å². The Hall–Kier alpha value is -0.500. The SMILES string of the molecule is CC(C)CCC[C@@H](C)[C@H]1CC[C@H]2[C@H]3CC=C4C[C@@H](OC(=O)Cl)CC[C@]4(C)[C@@H]3CC[C@]12C. The van der Waals surface area contributed by atoms with Gasteiger partial charge in [0.15, 0.2) is 0 Å². The lowest BCUT2D eigenvalue weighted by atomic mass is 9.47. The number of allylic oxidation sites excluding steroid dienone is 1. The van der Waals surface area contributed by atoms with Crippen LogP contribution in [0.1, 0.15) is 105 Å². The van der Waals surface area contributed by atoms with Crippen LogP contribution in [0.3, 0.4) is 0 Å². The zero-order chi connectivity index (χ0) is 22.4. The van der Waals surface area contributed by atoms with Gasteiger partial charge in [0.05, 0.1) is 0 Å².